The molecular weight excluding hydrogens is 1420 g/mol. The summed E-state index contributed by atoms with van der Waals surface area (Å²) in [6.07, 6.45) is 19.1. The van der Waals surface area contributed by atoms with Gasteiger partial charge in [-0.3, -0.25) is 19.2 Å². The molecule has 18 nitrogen and oxygen atoms in total. The van der Waals surface area contributed by atoms with Gasteiger partial charge >= 0.3 is 210 Å². The Balaban J connectivity index is 0.000000496. The van der Waals surface area contributed by atoms with Gasteiger partial charge < -0.3 is 54.0 Å². The van der Waals surface area contributed by atoms with E-state index in [1.54, 1.807) is 52.4 Å². The van der Waals surface area contributed by atoms with Crippen LogP contribution in [-0.2, 0) is 57.1 Å². The summed E-state index contributed by atoms with van der Waals surface area (Å²) in [7, 11) is 3.47. The first-order chi connectivity index (χ1) is 44.2. The molecule has 4 aliphatic heterocycles. The van der Waals surface area contributed by atoms with Gasteiger partial charge in [0, 0.05) is 44.6 Å². The molecule has 4 heterocycles. The van der Waals surface area contributed by atoms with Crippen LogP contribution in [0.2, 0.25) is 13.3 Å². The number of aliphatic hydroxyl groups is 6. The Hall–Kier alpha value is -2.55. The van der Waals surface area contributed by atoms with Crippen molar-refractivity contribution in [1.29, 1.82) is 0 Å². The number of carbonyl (C=O) groups excluding carboxylic acids is 4. The second-order valence-electron chi connectivity index (χ2n) is 28.0. The Bertz CT molecular complexity index is 2390. The summed E-state index contributed by atoms with van der Waals surface area (Å²) in [5, 5.41) is 63.8. The van der Waals surface area contributed by atoms with E-state index < -0.39 is 102 Å². The largest absolute Gasteiger partial charge is 0.457 e. The molecule has 0 aromatic rings. The number of esters is 4. The standard InChI is InChI=1S/C31H50O9.C18H27IO6.C13H23O3.3C4H9.Sn/c1-9-24(37-8)21(5)29-30(40-29)27(35)18(2)11-10-12-19(3)28-20(4)13-14-25(38-22(6)32)31(7,36)16-15-23(33)17-26(34)39-28;1-11-5-6-15(24-13(3)20)18(4,23)8-7-14(21)9-16(22)25-17(11)12(2)10-19;1-6-8(3)11(14)13-12(16-13)9(4)10(7-2)15-5;3*1-3-4-2;/h10-14,18,20-21,23-25,27-30,33,35-36H,9,15-17H2,1-8H3;5-6,10-11,14-15,17,21,23H,7-9H2,1-4H3;1,6,8-14H,7H2,2-5H3;3*1,3-4H2,2H3;/b11-10+,14-13+,19-12+;6-5+,12-10+;;;;;/t18-,20+,21-,23-,24+,25-,27-,28-,29-,30-,31-;11-,14+,15+,17-,18+;8-,9-,10+,11-,12-,13-;;;;/m101..../s1. The zero-order chi connectivity index (χ0) is 71.3. The monoisotopic (exact) mass is 1550 g/mol. The van der Waals surface area contributed by atoms with Gasteiger partial charge in [0.25, 0.3) is 0 Å². The minimum absolute atomic E-state index is 0.0274. The average molecular weight is 1550 g/mol. The number of epoxide rings is 2. The predicted molar refractivity (Wildman–Crippen MR) is 381 cm³/mol. The van der Waals surface area contributed by atoms with Crippen molar-refractivity contribution in [3.8, 4) is 0 Å². The molecule has 6 N–H and O–H groups in total. The van der Waals surface area contributed by atoms with Crippen molar-refractivity contribution >= 4 is 64.8 Å². The van der Waals surface area contributed by atoms with Crippen LogP contribution in [0.5, 0.6) is 0 Å². The molecule has 0 aromatic carbocycles. The van der Waals surface area contributed by atoms with Gasteiger partial charge in [0.05, 0.1) is 43.4 Å². The number of carbonyl (C=O) groups is 4. The van der Waals surface area contributed by atoms with E-state index in [4.69, 9.17) is 37.9 Å². The van der Waals surface area contributed by atoms with Crippen LogP contribution in [0.25, 0.3) is 0 Å². The predicted octanol–water partition coefficient (Wildman–Crippen LogP) is 13.1. The molecule has 20 heteroatoms. The molecule has 542 valence electrons. The maximum atomic E-state index is 12.6. The number of aliphatic hydroxyl groups excluding tert-OH is 4. The maximum Gasteiger partial charge on any atom is 0.309 e. The summed E-state index contributed by atoms with van der Waals surface area (Å²) in [6, 6.07) is 0. The minimum atomic E-state index is -2.27. The summed E-state index contributed by atoms with van der Waals surface area (Å²) in [6.45, 7) is 32.6. The number of hydrogen-bond donors (Lipinski definition) is 6. The van der Waals surface area contributed by atoms with Crippen LogP contribution in [0, 0.1) is 35.5 Å². The molecule has 2 fully saturated rings. The number of ether oxygens (including phenoxy) is 8. The van der Waals surface area contributed by atoms with Crippen LogP contribution < -0.4 is 0 Å². The molecule has 4 rings (SSSR count). The van der Waals surface area contributed by atoms with Crippen LogP contribution in [0.1, 0.15) is 208 Å². The van der Waals surface area contributed by atoms with Crippen LogP contribution in [0.3, 0.4) is 0 Å². The molecule has 0 amide bonds. The summed E-state index contributed by atoms with van der Waals surface area (Å²) < 4.78 is 53.7. The number of hydrogen-bond acceptors (Lipinski definition) is 18. The molecule has 0 spiro atoms. The Morgan fingerprint density at radius 1 is 0.628 bits per heavy atom. The third kappa shape index (κ3) is 30.1. The first-order valence-corrected chi connectivity index (χ1v) is 44.1. The molecule has 94 heavy (non-hydrogen) atoms. The van der Waals surface area contributed by atoms with E-state index in [1.165, 1.54) is 65.7 Å². The first-order valence-electron chi connectivity index (χ1n) is 35.1. The molecule has 0 radical (unpaired) electrons. The van der Waals surface area contributed by atoms with Gasteiger partial charge in [-0.05, 0) is 87.2 Å². The van der Waals surface area contributed by atoms with E-state index in [-0.39, 0.29) is 105 Å². The third-order valence-electron chi connectivity index (χ3n) is 19.4. The fourth-order valence-electron chi connectivity index (χ4n) is 12.8. The molecule has 0 bridgehead atoms. The third-order valence-corrected chi connectivity index (χ3v) is 34.5. The number of unbranched alkanes of at least 4 members (excludes halogenated alkanes) is 3. The maximum absolute atomic E-state index is 12.6. The summed E-state index contributed by atoms with van der Waals surface area (Å²) in [5.41, 5.74) is -1.15. The van der Waals surface area contributed by atoms with Crippen molar-refractivity contribution in [2.45, 2.75) is 318 Å². The second kappa shape index (κ2) is 43.9. The van der Waals surface area contributed by atoms with Crippen molar-refractivity contribution in [2.75, 3.05) is 14.2 Å². The first kappa shape index (κ1) is 87.5. The number of methoxy groups -OCH3 is 2. The van der Waals surface area contributed by atoms with E-state index in [0.717, 1.165) is 24.0 Å². The number of halogens is 1. The Labute approximate surface area is 583 Å². The van der Waals surface area contributed by atoms with Crippen LogP contribution in [-0.4, -0.2) is 184 Å². The molecule has 0 unspecified atom stereocenters. The van der Waals surface area contributed by atoms with Crippen molar-refractivity contribution in [2.24, 2.45) is 35.5 Å². The minimum Gasteiger partial charge on any atom is -0.457 e. The van der Waals surface area contributed by atoms with Gasteiger partial charge in [0.2, 0.25) is 0 Å². The second-order valence-corrected chi connectivity index (χ2v) is 41.6. The van der Waals surface area contributed by atoms with Crippen molar-refractivity contribution in [1.82, 2.24) is 0 Å². The fraction of sp³-hybridized carbons (Fsp3) is 0.784. The van der Waals surface area contributed by atoms with Crippen molar-refractivity contribution in [3.63, 3.8) is 0 Å². The van der Waals surface area contributed by atoms with Crippen LogP contribution in [0.4, 0.5) is 0 Å². The average Bonchev–Trinajstić information content (AvgIpc) is 1.64. The fourth-order valence-corrected chi connectivity index (χ4v) is 27.8. The van der Waals surface area contributed by atoms with E-state index in [0.29, 0.717) is 5.92 Å². The van der Waals surface area contributed by atoms with Crippen LogP contribution >= 0.6 is 22.6 Å². The molecule has 0 aromatic heterocycles. The molecule has 0 aliphatic carbocycles. The van der Waals surface area contributed by atoms with Gasteiger partial charge in [-0.15, -0.1) is 0 Å². The normalized spacial score (nSPS) is 32.4. The SMILES string of the molecule is CC(=O)O[C@@H]1/C=C/[C@H](C)[C@@H](/C(C)=C/I)OC(=O)C[C@H](O)CC[C@@]1(C)O.CCC[CH2][Sn](/[CH]=C/[C@@H](C)[C@@H](O)[C@H]1O[C@@H]1[C@H](C)[C@H](CC)OC)([CH2]CCC)[CH2]CCC.CC[C@H](OC)[C@@H](C)[C@H]1O[C@@H]1[C@H](O)[C@H](C)/C=C/C=C(\C)[C@H]1OC(=O)C[C@H](O)CC[C@@](C)(O)[C@H](OC(C)=O)/C=C/[C@@H]1C. The Morgan fingerprint density at radius 3 is 1.34 bits per heavy atom. The van der Waals surface area contributed by atoms with E-state index >= 15 is 0 Å². The molecule has 2 saturated heterocycles. The Kier molecular flexibility index (Phi) is 40.8. The van der Waals surface area contributed by atoms with E-state index in [1.807, 2.05) is 56.9 Å². The van der Waals surface area contributed by atoms with E-state index in [9.17, 15) is 49.8 Å². The van der Waals surface area contributed by atoms with Gasteiger partial charge in [-0.25, -0.2) is 0 Å². The zero-order valence-electron chi connectivity index (χ0n) is 60.8. The summed E-state index contributed by atoms with van der Waals surface area (Å²) >= 11 is -0.195. The Morgan fingerprint density at radius 2 is 1.00 bits per heavy atom. The zero-order valence-corrected chi connectivity index (χ0v) is 65.8. The van der Waals surface area contributed by atoms with Gasteiger partial charge in [-0.2, -0.15) is 0 Å². The molecule has 0 saturated carbocycles. The summed E-state index contributed by atoms with van der Waals surface area (Å²) in [4.78, 5) is 47.8. The quantitative estimate of drug-likeness (QED) is 0.00773. The summed E-state index contributed by atoms with van der Waals surface area (Å²) in [5.74, 6) is -2.06. The topological polar surface area (TPSA) is 270 Å². The molecule has 22 atom stereocenters. The number of rotatable bonds is 29. The smallest absolute Gasteiger partial charge is 0.309 e. The molecular formula is C74H127IO18Sn. The van der Waals surface area contributed by atoms with Crippen molar-refractivity contribution in [3.05, 3.63) is 67.9 Å². The molecule has 4 aliphatic rings. The van der Waals surface area contributed by atoms with Crippen molar-refractivity contribution < 1.29 is 87.7 Å². The number of allylic oxidation sites excluding steroid dienone is 2. The van der Waals surface area contributed by atoms with Gasteiger partial charge in [0.1, 0.15) is 41.7 Å². The van der Waals surface area contributed by atoms with Gasteiger partial charge in [-0.1, -0.05) is 87.6 Å². The van der Waals surface area contributed by atoms with Crippen LogP contribution in [0.15, 0.2) is 67.9 Å². The van der Waals surface area contributed by atoms with Gasteiger partial charge in [0.15, 0.2) is 0 Å². The van der Waals surface area contributed by atoms with E-state index in [2.05, 4.69) is 88.1 Å². The number of cyclic esters (lactones) is 2.